The first-order valence-corrected chi connectivity index (χ1v) is 10.4. The van der Waals surface area contributed by atoms with Gasteiger partial charge in [-0.25, -0.2) is 8.42 Å². The minimum atomic E-state index is -3.61. The number of carbonyl (C=O) groups is 1. The van der Waals surface area contributed by atoms with E-state index in [1.54, 1.807) is 20.2 Å². The van der Waals surface area contributed by atoms with E-state index >= 15 is 0 Å². The number of likely N-dealkylation sites (N-methyl/N-ethyl adjacent to an activating group) is 1. The van der Waals surface area contributed by atoms with Gasteiger partial charge in [0.05, 0.1) is 19.1 Å². The summed E-state index contributed by atoms with van der Waals surface area (Å²) in [6, 6.07) is 13.0. The first kappa shape index (κ1) is 20.8. The molecule has 0 radical (unpaired) electrons. The zero-order valence-corrected chi connectivity index (χ0v) is 17.2. The molecule has 0 unspecified atom stereocenters. The summed E-state index contributed by atoms with van der Waals surface area (Å²) >= 11 is 0. The van der Waals surface area contributed by atoms with Gasteiger partial charge in [-0.15, -0.1) is 0 Å². The van der Waals surface area contributed by atoms with Crippen LogP contribution in [0.1, 0.15) is 16.7 Å². The zero-order chi connectivity index (χ0) is 20.2. The molecule has 0 heterocycles. The molecule has 0 aliphatic carbocycles. The summed E-state index contributed by atoms with van der Waals surface area (Å²) in [5, 5.41) is 0. The molecule has 7 heteroatoms. The van der Waals surface area contributed by atoms with Gasteiger partial charge < -0.3 is 9.64 Å². The number of hydrogen-bond acceptors (Lipinski definition) is 4. The van der Waals surface area contributed by atoms with Crippen molar-refractivity contribution in [2.75, 3.05) is 31.3 Å². The van der Waals surface area contributed by atoms with Crippen LogP contribution in [-0.2, 0) is 21.4 Å². The van der Waals surface area contributed by atoms with E-state index < -0.39 is 10.0 Å². The summed E-state index contributed by atoms with van der Waals surface area (Å²) < 4.78 is 31.2. The van der Waals surface area contributed by atoms with E-state index in [0.29, 0.717) is 18.0 Å². The Morgan fingerprint density at radius 3 is 2.41 bits per heavy atom. The molecule has 0 aliphatic rings. The van der Waals surface area contributed by atoms with E-state index in [0.717, 1.165) is 27.3 Å². The van der Waals surface area contributed by atoms with Gasteiger partial charge in [0.2, 0.25) is 15.9 Å². The molecule has 0 spiro atoms. The van der Waals surface area contributed by atoms with Crippen molar-refractivity contribution in [2.24, 2.45) is 0 Å². The first-order chi connectivity index (χ1) is 12.6. The number of nitrogens with zero attached hydrogens (tertiary/aromatic N) is 2. The predicted octanol–water partition coefficient (Wildman–Crippen LogP) is 2.74. The molecule has 0 aliphatic heterocycles. The van der Waals surface area contributed by atoms with Crippen molar-refractivity contribution >= 4 is 21.6 Å². The highest BCUT2D eigenvalue weighted by atomic mass is 32.2. The summed E-state index contributed by atoms with van der Waals surface area (Å²) in [4.78, 5) is 14.3. The maximum Gasteiger partial charge on any atom is 0.243 e. The number of aryl methyl sites for hydroxylation is 2. The average Bonchev–Trinajstić information content (AvgIpc) is 2.61. The van der Waals surface area contributed by atoms with Crippen molar-refractivity contribution in [3.63, 3.8) is 0 Å². The molecule has 146 valence electrons. The van der Waals surface area contributed by atoms with Gasteiger partial charge in [-0.3, -0.25) is 9.10 Å². The number of benzene rings is 2. The molecule has 1 amide bonds. The Morgan fingerprint density at radius 2 is 1.78 bits per heavy atom. The Bertz CT molecular complexity index is 925. The second-order valence-electron chi connectivity index (χ2n) is 6.62. The summed E-state index contributed by atoms with van der Waals surface area (Å²) in [5.41, 5.74) is 3.11. The van der Waals surface area contributed by atoms with E-state index in [1.807, 2.05) is 50.2 Å². The van der Waals surface area contributed by atoms with Gasteiger partial charge in [0, 0.05) is 19.2 Å². The number of methoxy groups -OCH3 is 1. The highest BCUT2D eigenvalue weighted by Crippen LogP contribution is 2.24. The molecule has 2 rings (SSSR count). The molecule has 6 nitrogen and oxygen atoms in total. The molecular weight excluding hydrogens is 364 g/mol. The van der Waals surface area contributed by atoms with Crippen molar-refractivity contribution in [3.8, 4) is 5.75 Å². The van der Waals surface area contributed by atoms with Crippen LogP contribution in [0.3, 0.4) is 0 Å². The Morgan fingerprint density at radius 1 is 1.11 bits per heavy atom. The van der Waals surface area contributed by atoms with E-state index in [2.05, 4.69) is 0 Å². The largest absolute Gasteiger partial charge is 0.496 e. The van der Waals surface area contributed by atoms with Gasteiger partial charge in [0.15, 0.2) is 0 Å². The van der Waals surface area contributed by atoms with E-state index in [-0.39, 0.29) is 12.5 Å². The Labute approximate surface area is 161 Å². The fourth-order valence-corrected chi connectivity index (χ4v) is 3.69. The minimum Gasteiger partial charge on any atom is -0.496 e. The fraction of sp³-hybridized carbons (Fsp3) is 0.350. The lowest BCUT2D eigenvalue weighted by Gasteiger charge is -2.27. The van der Waals surface area contributed by atoms with Crippen LogP contribution < -0.4 is 9.04 Å². The van der Waals surface area contributed by atoms with Crippen LogP contribution in [0.5, 0.6) is 5.75 Å². The van der Waals surface area contributed by atoms with Crippen molar-refractivity contribution < 1.29 is 17.9 Å². The molecule has 2 aromatic rings. The molecule has 0 fully saturated rings. The third-order valence-corrected chi connectivity index (χ3v) is 5.46. The van der Waals surface area contributed by atoms with Crippen LogP contribution in [0, 0.1) is 13.8 Å². The summed E-state index contributed by atoms with van der Waals surface area (Å²) in [7, 11) is -0.383. The van der Waals surface area contributed by atoms with Crippen molar-refractivity contribution in [3.05, 3.63) is 59.2 Å². The summed E-state index contributed by atoms with van der Waals surface area (Å²) in [6.07, 6.45) is 1.11. The van der Waals surface area contributed by atoms with Gasteiger partial charge in [0.25, 0.3) is 0 Å². The number of amides is 1. The topological polar surface area (TPSA) is 66.9 Å². The third-order valence-electron chi connectivity index (χ3n) is 4.34. The van der Waals surface area contributed by atoms with Crippen LogP contribution in [-0.4, -0.2) is 46.2 Å². The number of para-hydroxylation sites is 1. The highest BCUT2D eigenvalue weighted by molar-refractivity contribution is 7.92. The van der Waals surface area contributed by atoms with E-state index in [4.69, 9.17) is 4.74 Å². The van der Waals surface area contributed by atoms with Crippen LogP contribution in [0.2, 0.25) is 0 Å². The lowest BCUT2D eigenvalue weighted by Crippen LogP contribution is -2.41. The highest BCUT2D eigenvalue weighted by Gasteiger charge is 2.24. The first-order valence-electron chi connectivity index (χ1n) is 8.54. The lowest BCUT2D eigenvalue weighted by molar-refractivity contribution is -0.128. The predicted molar refractivity (Wildman–Crippen MR) is 108 cm³/mol. The van der Waals surface area contributed by atoms with Crippen LogP contribution in [0.25, 0.3) is 0 Å². The molecule has 0 bridgehead atoms. The fourth-order valence-electron chi connectivity index (χ4n) is 2.79. The molecular formula is C20H26N2O4S. The van der Waals surface area contributed by atoms with Gasteiger partial charge in [-0.2, -0.15) is 0 Å². The maximum atomic E-state index is 12.8. The number of ether oxygens (including phenoxy) is 1. The number of sulfonamides is 1. The van der Waals surface area contributed by atoms with Crippen LogP contribution >= 0.6 is 0 Å². The lowest BCUT2D eigenvalue weighted by atomic mass is 10.1. The van der Waals surface area contributed by atoms with Gasteiger partial charge in [-0.1, -0.05) is 30.3 Å². The van der Waals surface area contributed by atoms with E-state index in [9.17, 15) is 13.2 Å². The molecule has 0 saturated carbocycles. The molecule has 0 N–H and O–H groups in total. The van der Waals surface area contributed by atoms with E-state index in [1.165, 1.54) is 4.90 Å². The smallest absolute Gasteiger partial charge is 0.243 e. The maximum absolute atomic E-state index is 12.8. The molecule has 0 atom stereocenters. The van der Waals surface area contributed by atoms with Crippen LogP contribution in [0.15, 0.2) is 42.5 Å². The Balaban J connectivity index is 2.25. The minimum absolute atomic E-state index is 0.255. The van der Waals surface area contributed by atoms with Crippen molar-refractivity contribution in [2.45, 2.75) is 20.4 Å². The quantitative estimate of drug-likeness (QED) is 0.729. The summed E-state index contributed by atoms with van der Waals surface area (Å²) in [5.74, 6) is 0.388. The average molecular weight is 391 g/mol. The third kappa shape index (κ3) is 5.23. The van der Waals surface area contributed by atoms with Crippen molar-refractivity contribution in [1.29, 1.82) is 0 Å². The standard InChI is InChI=1S/C20H26N2O4S/c1-15-10-11-16(2)18(12-15)22(27(5,24)25)14-20(23)21(3)13-17-8-6-7-9-19(17)26-4/h6-12H,13-14H2,1-5H3. The number of carbonyl (C=O) groups excluding carboxylic acids is 1. The van der Waals surface area contributed by atoms with Crippen molar-refractivity contribution in [1.82, 2.24) is 4.90 Å². The van der Waals surface area contributed by atoms with Gasteiger partial charge in [0.1, 0.15) is 12.3 Å². The number of rotatable bonds is 7. The second-order valence-corrected chi connectivity index (χ2v) is 8.53. The van der Waals surface area contributed by atoms with Gasteiger partial charge >= 0.3 is 0 Å². The Kier molecular flexibility index (Phi) is 6.49. The normalized spacial score (nSPS) is 11.1. The molecule has 0 saturated heterocycles. The second kappa shape index (κ2) is 8.43. The molecule has 0 aromatic heterocycles. The molecule has 27 heavy (non-hydrogen) atoms. The molecule has 2 aromatic carbocycles. The number of anilines is 1. The number of hydrogen-bond donors (Lipinski definition) is 0. The summed E-state index contributed by atoms with van der Waals surface area (Å²) in [6.45, 7) is 3.79. The Hall–Kier alpha value is -2.54. The van der Waals surface area contributed by atoms with Gasteiger partial charge in [-0.05, 0) is 37.1 Å². The SMILES string of the molecule is COc1ccccc1CN(C)C(=O)CN(c1cc(C)ccc1C)S(C)(=O)=O. The zero-order valence-electron chi connectivity index (χ0n) is 16.4. The monoisotopic (exact) mass is 390 g/mol. The van der Waals surface area contributed by atoms with Crippen LogP contribution in [0.4, 0.5) is 5.69 Å².